The summed E-state index contributed by atoms with van der Waals surface area (Å²) >= 11 is 1.33. The zero-order valence-corrected chi connectivity index (χ0v) is 16.6. The van der Waals surface area contributed by atoms with Crippen LogP contribution in [0.25, 0.3) is 5.69 Å². The number of hydrogen-bond acceptors (Lipinski definition) is 5. The number of hydrogen-bond donors (Lipinski definition) is 1. The fourth-order valence-corrected chi connectivity index (χ4v) is 3.63. The Kier molecular flexibility index (Phi) is 5.36. The van der Waals surface area contributed by atoms with Crippen LogP contribution in [0, 0.1) is 5.82 Å². The second-order valence-corrected chi connectivity index (χ2v) is 7.27. The van der Waals surface area contributed by atoms with Gasteiger partial charge in [0.2, 0.25) is 0 Å². The number of rotatable bonds is 5. The average molecular weight is 421 g/mol. The van der Waals surface area contributed by atoms with E-state index < -0.39 is 11.7 Å². The molecule has 0 saturated heterocycles. The van der Waals surface area contributed by atoms with Crippen molar-refractivity contribution in [1.29, 1.82) is 0 Å². The van der Waals surface area contributed by atoms with Gasteiger partial charge in [-0.25, -0.2) is 14.1 Å². The molecule has 9 heteroatoms. The van der Waals surface area contributed by atoms with Gasteiger partial charge in [-0.1, -0.05) is 18.2 Å². The molecular formula is C21H16FN5O2S. The van der Waals surface area contributed by atoms with Crippen molar-refractivity contribution < 1.29 is 14.0 Å². The number of para-hydroxylation sites is 1. The molecule has 0 aliphatic heterocycles. The molecule has 2 heterocycles. The first kappa shape index (κ1) is 19.5. The number of amides is 2. The van der Waals surface area contributed by atoms with Gasteiger partial charge in [0, 0.05) is 12.7 Å². The van der Waals surface area contributed by atoms with Crippen molar-refractivity contribution in [1.82, 2.24) is 14.8 Å². The Morgan fingerprint density at radius 3 is 2.67 bits per heavy atom. The van der Waals surface area contributed by atoms with Crippen LogP contribution in [0.15, 0.2) is 72.6 Å². The highest BCUT2D eigenvalue weighted by atomic mass is 32.1. The molecule has 2 aromatic carbocycles. The highest BCUT2D eigenvalue weighted by Gasteiger charge is 2.20. The lowest BCUT2D eigenvalue weighted by Crippen LogP contribution is -2.28. The van der Waals surface area contributed by atoms with E-state index in [2.05, 4.69) is 15.4 Å². The van der Waals surface area contributed by atoms with Gasteiger partial charge >= 0.3 is 0 Å². The molecule has 0 fully saturated rings. The smallest absolute Gasteiger partial charge is 0.268 e. The summed E-state index contributed by atoms with van der Waals surface area (Å²) in [5, 5.41) is 8.39. The SMILES string of the molecule is CN(C(=O)c1cccs1)c1ccccc1C(=O)Nc1ccc(-n2cncn2)c(F)c1. The number of nitrogens with zero attached hydrogens (tertiary/aromatic N) is 4. The third kappa shape index (κ3) is 3.83. The highest BCUT2D eigenvalue weighted by molar-refractivity contribution is 7.12. The quantitative estimate of drug-likeness (QED) is 0.528. The molecule has 0 bridgehead atoms. The van der Waals surface area contributed by atoms with E-state index in [4.69, 9.17) is 0 Å². The van der Waals surface area contributed by atoms with Crippen LogP contribution >= 0.6 is 11.3 Å². The maximum atomic E-state index is 14.4. The maximum Gasteiger partial charge on any atom is 0.268 e. The van der Waals surface area contributed by atoms with E-state index in [-0.39, 0.29) is 17.3 Å². The Hall–Kier alpha value is -3.85. The topological polar surface area (TPSA) is 80.1 Å². The van der Waals surface area contributed by atoms with Crippen LogP contribution in [0.2, 0.25) is 0 Å². The Labute approximate surface area is 175 Å². The van der Waals surface area contributed by atoms with Crippen LogP contribution in [0.5, 0.6) is 0 Å². The van der Waals surface area contributed by atoms with Gasteiger partial charge in [-0.3, -0.25) is 9.59 Å². The summed E-state index contributed by atoms with van der Waals surface area (Å²) in [6.45, 7) is 0. The Balaban J connectivity index is 1.57. The molecule has 0 radical (unpaired) electrons. The van der Waals surface area contributed by atoms with Crippen LogP contribution in [-0.4, -0.2) is 33.6 Å². The third-order valence-corrected chi connectivity index (χ3v) is 5.28. The van der Waals surface area contributed by atoms with E-state index in [1.165, 1.54) is 45.7 Å². The minimum absolute atomic E-state index is 0.214. The number of nitrogens with one attached hydrogen (secondary N) is 1. The average Bonchev–Trinajstić information content (AvgIpc) is 3.47. The van der Waals surface area contributed by atoms with E-state index in [0.29, 0.717) is 16.1 Å². The van der Waals surface area contributed by atoms with Crippen LogP contribution in [0.1, 0.15) is 20.0 Å². The van der Waals surface area contributed by atoms with Gasteiger partial charge < -0.3 is 10.2 Å². The fraction of sp³-hybridized carbons (Fsp3) is 0.0476. The molecule has 2 amide bonds. The minimum atomic E-state index is -0.559. The van der Waals surface area contributed by atoms with Crippen molar-refractivity contribution in [3.8, 4) is 5.69 Å². The first-order valence-corrected chi connectivity index (χ1v) is 9.79. The summed E-state index contributed by atoms with van der Waals surface area (Å²) in [7, 11) is 1.61. The summed E-state index contributed by atoms with van der Waals surface area (Å²) < 4.78 is 15.7. The summed E-state index contributed by atoms with van der Waals surface area (Å²) in [6, 6.07) is 14.6. The number of aromatic nitrogens is 3. The fourth-order valence-electron chi connectivity index (χ4n) is 2.93. The van der Waals surface area contributed by atoms with Crippen LogP contribution in [-0.2, 0) is 0 Å². The third-order valence-electron chi connectivity index (χ3n) is 4.42. The van der Waals surface area contributed by atoms with Gasteiger partial charge in [-0.05, 0) is 41.8 Å². The minimum Gasteiger partial charge on any atom is -0.322 e. The number of carbonyl (C=O) groups excluding carboxylic acids is 2. The lowest BCUT2D eigenvalue weighted by Gasteiger charge is -2.20. The molecule has 0 aliphatic rings. The van der Waals surface area contributed by atoms with E-state index in [1.54, 1.807) is 49.5 Å². The molecule has 1 N–H and O–H groups in total. The molecule has 0 saturated carbocycles. The molecule has 30 heavy (non-hydrogen) atoms. The first-order valence-electron chi connectivity index (χ1n) is 8.91. The predicted octanol–water partition coefficient (Wildman–Crippen LogP) is 4.00. The standard InChI is InChI=1S/C21H16FN5O2S/c1-26(21(29)19-7-4-10-30-19)17-6-3-2-5-15(17)20(28)25-14-8-9-18(16(22)11-14)27-13-23-12-24-27/h2-13H,1H3,(H,25,28). The number of thiophene rings is 1. The number of carbonyl (C=O) groups is 2. The van der Waals surface area contributed by atoms with Gasteiger partial charge in [-0.2, -0.15) is 5.10 Å². The highest BCUT2D eigenvalue weighted by Crippen LogP contribution is 2.24. The molecule has 150 valence electrons. The molecule has 0 atom stereocenters. The van der Waals surface area contributed by atoms with Crippen molar-refractivity contribution in [3.63, 3.8) is 0 Å². The summed E-state index contributed by atoms with van der Waals surface area (Å²) in [4.78, 5) is 31.3. The normalized spacial score (nSPS) is 10.6. The zero-order chi connectivity index (χ0) is 21.1. The molecule has 2 aromatic heterocycles. The summed E-state index contributed by atoms with van der Waals surface area (Å²) in [5.41, 5.74) is 1.24. The number of halogens is 1. The van der Waals surface area contributed by atoms with Gasteiger partial charge in [-0.15, -0.1) is 11.3 Å². The molecule has 4 rings (SSSR count). The van der Waals surface area contributed by atoms with Crippen molar-refractivity contribution in [2.24, 2.45) is 0 Å². The summed E-state index contributed by atoms with van der Waals surface area (Å²) in [5.74, 6) is -1.23. The van der Waals surface area contributed by atoms with Crippen LogP contribution < -0.4 is 10.2 Å². The van der Waals surface area contributed by atoms with E-state index in [1.807, 2.05) is 5.38 Å². The summed E-state index contributed by atoms with van der Waals surface area (Å²) in [6.07, 6.45) is 2.69. The second kappa shape index (κ2) is 8.26. The molecule has 0 aliphatic carbocycles. The molecule has 0 unspecified atom stereocenters. The Morgan fingerprint density at radius 2 is 1.97 bits per heavy atom. The van der Waals surface area contributed by atoms with E-state index >= 15 is 0 Å². The van der Waals surface area contributed by atoms with Crippen molar-refractivity contribution in [2.75, 3.05) is 17.3 Å². The second-order valence-electron chi connectivity index (χ2n) is 6.32. The molecule has 0 spiro atoms. The van der Waals surface area contributed by atoms with Crippen molar-refractivity contribution in [3.05, 3.63) is 88.9 Å². The monoisotopic (exact) mass is 421 g/mol. The largest absolute Gasteiger partial charge is 0.322 e. The van der Waals surface area contributed by atoms with E-state index in [0.717, 1.165) is 0 Å². The van der Waals surface area contributed by atoms with Gasteiger partial charge in [0.05, 0.1) is 16.1 Å². The lowest BCUT2D eigenvalue weighted by atomic mass is 10.1. The van der Waals surface area contributed by atoms with E-state index in [9.17, 15) is 14.0 Å². The van der Waals surface area contributed by atoms with Gasteiger partial charge in [0.1, 0.15) is 18.3 Å². The Morgan fingerprint density at radius 1 is 1.13 bits per heavy atom. The maximum absolute atomic E-state index is 14.4. The molecule has 7 nitrogen and oxygen atoms in total. The van der Waals surface area contributed by atoms with Crippen molar-refractivity contribution >= 4 is 34.5 Å². The lowest BCUT2D eigenvalue weighted by molar-refractivity contribution is 0.0996. The Bertz CT molecular complexity index is 1190. The zero-order valence-electron chi connectivity index (χ0n) is 15.8. The van der Waals surface area contributed by atoms with Crippen LogP contribution in [0.4, 0.5) is 15.8 Å². The van der Waals surface area contributed by atoms with Gasteiger partial charge in [0.15, 0.2) is 5.82 Å². The molecule has 4 aromatic rings. The van der Waals surface area contributed by atoms with Crippen molar-refractivity contribution in [2.45, 2.75) is 0 Å². The van der Waals surface area contributed by atoms with Gasteiger partial charge in [0.25, 0.3) is 11.8 Å². The number of anilines is 2. The molecular weight excluding hydrogens is 405 g/mol. The van der Waals surface area contributed by atoms with Crippen LogP contribution in [0.3, 0.4) is 0 Å². The first-order chi connectivity index (χ1) is 14.5. The number of benzene rings is 2. The predicted molar refractivity (Wildman–Crippen MR) is 113 cm³/mol.